The summed E-state index contributed by atoms with van der Waals surface area (Å²) in [6, 6.07) is 40.1. The van der Waals surface area contributed by atoms with Gasteiger partial charge in [0.25, 0.3) is 0 Å². The molecule has 0 radical (unpaired) electrons. The number of ether oxygens (including phenoxy) is 1. The topological polar surface area (TPSA) is 50.4 Å². The summed E-state index contributed by atoms with van der Waals surface area (Å²) in [5, 5.41) is 7.20. The third-order valence-corrected chi connectivity index (χ3v) is 5.99. The van der Waals surface area contributed by atoms with E-state index < -0.39 is 17.2 Å². The molecule has 4 heteroatoms. The predicted molar refractivity (Wildman–Crippen MR) is 147 cm³/mol. The lowest BCUT2D eigenvalue weighted by Gasteiger charge is -2.40. The van der Waals surface area contributed by atoms with Crippen molar-refractivity contribution in [1.29, 1.82) is 0 Å². The predicted octanol–water partition coefficient (Wildman–Crippen LogP) is 6.39. The van der Waals surface area contributed by atoms with Crippen molar-refractivity contribution in [3.05, 3.63) is 138 Å². The molecule has 0 spiro atoms. The van der Waals surface area contributed by atoms with Crippen LogP contribution >= 0.6 is 0 Å². The number of carbonyl (C=O) groups excluding carboxylic acids is 1. The molecule has 0 aromatic heterocycles. The maximum absolute atomic E-state index is 13.6. The van der Waals surface area contributed by atoms with Gasteiger partial charge in [-0.1, -0.05) is 109 Å². The number of anilines is 1. The Bertz CT molecular complexity index is 1120. The van der Waals surface area contributed by atoms with Crippen molar-refractivity contribution in [3.8, 4) is 0 Å². The Morgan fingerprint density at radius 1 is 0.667 bits per heavy atom. The van der Waals surface area contributed by atoms with E-state index in [1.54, 1.807) is 0 Å². The van der Waals surface area contributed by atoms with Crippen LogP contribution in [-0.2, 0) is 15.1 Å². The van der Waals surface area contributed by atoms with E-state index in [0.717, 1.165) is 22.4 Å². The minimum atomic E-state index is -0.788. The lowest BCUT2D eigenvalue weighted by atomic mass is 9.76. The number of nitrogens with one attached hydrogen (secondary N) is 2. The highest BCUT2D eigenvalue weighted by Gasteiger charge is 2.40. The van der Waals surface area contributed by atoms with Crippen LogP contribution in [0.15, 0.2) is 121 Å². The Balaban J connectivity index is 1.84. The number of hydrogen-bond donors (Lipinski definition) is 2. The molecule has 36 heavy (non-hydrogen) atoms. The minimum absolute atomic E-state index is 0.307. The average molecular weight is 479 g/mol. The van der Waals surface area contributed by atoms with Crippen LogP contribution in [0.4, 0.5) is 5.69 Å². The third kappa shape index (κ3) is 6.02. The van der Waals surface area contributed by atoms with Crippen molar-refractivity contribution < 1.29 is 9.53 Å². The molecule has 1 atom stereocenters. The van der Waals surface area contributed by atoms with Gasteiger partial charge in [-0.15, -0.1) is 0 Å². The first-order valence-corrected chi connectivity index (χ1v) is 12.3. The highest BCUT2D eigenvalue weighted by atomic mass is 16.6. The van der Waals surface area contributed by atoms with E-state index in [2.05, 4.69) is 47.0 Å². The first kappa shape index (κ1) is 25.2. The summed E-state index contributed by atoms with van der Waals surface area (Å²) < 4.78 is 5.90. The molecule has 0 fully saturated rings. The van der Waals surface area contributed by atoms with Crippen molar-refractivity contribution >= 4 is 11.7 Å². The quantitative estimate of drug-likeness (QED) is 0.216. The molecular formula is C32H34N2O2. The van der Waals surface area contributed by atoms with Crippen LogP contribution in [0.2, 0.25) is 0 Å². The molecule has 0 saturated carbocycles. The highest BCUT2D eigenvalue weighted by Crippen LogP contribution is 2.37. The first-order chi connectivity index (χ1) is 17.4. The fourth-order valence-electron chi connectivity index (χ4n) is 4.42. The Morgan fingerprint density at radius 3 is 1.44 bits per heavy atom. The number of esters is 1. The molecule has 4 rings (SSSR count). The molecule has 1 unspecified atom stereocenters. The van der Waals surface area contributed by atoms with Gasteiger partial charge in [0.2, 0.25) is 0 Å². The first-order valence-electron chi connectivity index (χ1n) is 12.3. The average Bonchev–Trinajstić information content (AvgIpc) is 2.90. The fourth-order valence-corrected chi connectivity index (χ4v) is 4.42. The van der Waals surface area contributed by atoms with Gasteiger partial charge in [-0.25, -0.2) is 0 Å². The largest absolute Gasteiger partial charge is 0.459 e. The number of carbonyl (C=O) groups is 1. The van der Waals surface area contributed by atoms with E-state index in [4.69, 9.17) is 4.74 Å². The fraction of sp³-hybridized carbons (Fsp3) is 0.219. The maximum Gasteiger partial charge on any atom is 0.325 e. The van der Waals surface area contributed by atoms with E-state index in [0.29, 0.717) is 6.54 Å². The standard InChI is InChI=1S/C32H34N2O2/c1-31(2,3)36-30(35)29(24-33-28-22-14-7-15-23-28)34-32(25-16-8-4-9-17-25,26-18-10-5-11-19-26)27-20-12-6-13-21-27/h4-23,29,33-34H,24H2,1-3H3. The van der Waals surface area contributed by atoms with Gasteiger partial charge in [-0.3, -0.25) is 10.1 Å². The molecule has 0 aliphatic rings. The van der Waals surface area contributed by atoms with Gasteiger partial charge in [0.05, 0.1) is 5.54 Å². The summed E-state index contributed by atoms with van der Waals surface area (Å²) in [4.78, 5) is 13.6. The van der Waals surface area contributed by atoms with Gasteiger partial charge in [-0.05, 0) is 49.6 Å². The molecule has 0 heterocycles. The van der Waals surface area contributed by atoms with E-state index in [1.807, 2.05) is 106 Å². The van der Waals surface area contributed by atoms with Crippen molar-refractivity contribution in [2.24, 2.45) is 0 Å². The summed E-state index contributed by atoms with van der Waals surface area (Å²) in [5.74, 6) is -0.307. The zero-order valence-corrected chi connectivity index (χ0v) is 21.1. The van der Waals surface area contributed by atoms with Crippen LogP contribution in [0, 0.1) is 0 Å². The van der Waals surface area contributed by atoms with Crippen LogP contribution in [0.25, 0.3) is 0 Å². The minimum Gasteiger partial charge on any atom is -0.459 e. The smallest absolute Gasteiger partial charge is 0.325 e. The lowest BCUT2D eigenvalue weighted by Crippen LogP contribution is -2.56. The normalized spacial score (nSPS) is 12.5. The Kier molecular flexibility index (Phi) is 7.87. The van der Waals surface area contributed by atoms with Crippen LogP contribution in [0.5, 0.6) is 0 Å². The van der Waals surface area contributed by atoms with Crippen LogP contribution in [-0.4, -0.2) is 24.2 Å². The summed E-state index contributed by atoms with van der Waals surface area (Å²) >= 11 is 0. The van der Waals surface area contributed by atoms with Crippen LogP contribution in [0.3, 0.4) is 0 Å². The van der Waals surface area contributed by atoms with E-state index >= 15 is 0 Å². The summed E-state index contributed by atoms with van der Waals surface area (Å²) in [6.07, 6.45) is 0. The summed E-state index contributed by atoms with van der Waals surface area (Å²) in [5.41, 5.74) is 2.65. The van der Waals surface area contributed by atoms with Crippen molar-refractivity contribution in [3.63, 3.8) is 0 Å². The van der Waals surface area contributed by atoms with Gasteiger partial charge in [-0.2, -0.15) is 0 Å². The summed E-state index contributed by atoms with van der Waals surface area (Å²) in [7, 11) is 0. The van der Waals surface area contributed by atoms with E-state index in [9.17, 15) is 4.79 Å². The molecule has 4 aromatic rings. The third-order valence-electron chi connectivity index (χ3n) is 5.99. The van der Waals surface area contributed by atoms with Gasteiger partial charge >= 0.3 is 5.97 Å². The lowest BCUT2D eigenvalue weighted by molar-refractivity contribution is -0.157. The Labute approximate surface area is 214 Å². The molecule has 0 aliphatic heterocycles. The molecule has 184 valence electrons. The highest BCUT2D eigenvalue weighted by molar-refractivity contribution is 5.77. The second-order valence-electron chi connectivity index (χ2n) is 9.83. The second kappa shape index (κ2) is 11.2. The number of rotatable bonds is 9. The van der Waals surface area contributed by atoms with Gasteiger partial charge in [0.15, 0.2) is 0 Å². The van der Waals surface area contributed by atoms with E-state index in [-0.39, 0.29) is 5.97 Å². The molecule has 0 aliphatic carbocycles. The monoisotopic (exact) mass is 478 g/mol. The Hall–Kier alpha value is -3.89. The van der Waals surface area contributed by atoms with E-state index in [1.165, 1.54) is 0 Å². The molecule has 2 N–H and O–H groups in total. The number of hydrogen-bond acceptors (Lipinski definition) is 4. The molecule has 0 amide bonds. The zero-order chi connectivity index (χ0) is 25.4. The molecule has 4 nitrogen and oxygen atoms in total. The molecule has 4 aromatic carbocycles. The second-order valence-corrected chi connectivity index (χ2v) is 9.83. The zero-order valence-electron chi connectivity index (χ0n) is 21.1. The molecular weight excluding hydrogens is 444 g/mol. The van der Waals surface area contributed by atoms with Crippen molar-refractivity contribution in [2.75, 3.05) is 11.9 Å². The molecule has 0 bridgehead atoms. The van der Waals surface area contributed by atoms with Crippen LogP contribution in [0.1, 0.15) is 37.5 Å². The van der Waals surface area contributed by atoms with Crippen molar-refractivity contribution in [2.45, 2.75) is 38.0 Å². The Morgan fingerprint density at radius 2 is 1.06 bits per heavy atom. The maximum atomic E-state index is 13.6. The summed E-state index contributed by atoms with van der Waals surface area (Å²) in [6.45, 7) is 6.04. The number of para-hydroxylation sites is 1. The van der Waals surface area contributed by atoms with Gasteiger partial charge in [0.1, 0.15) is 11.6 Å². The SMILES string of the molecule is CC(C)(C)OC(=O)C(CNc1ccccc1)NC(c1ccccc1)(c1ccccc1)c1ccccc1. The van der Waals surface area contributed by atoms with Gasteiger partial charge in [0, 0.05) is 12.2 Å². The van der Waals surface area contributed by atoms with Gasteiger partial charge < -0.3 is 10.1 Å². The van der Waals surface area contributed by atoms with Crippen LogP contribution < -0.4 is 10.6 Å². The van der Waals surface area contributed by atoms with Crippen molar-refractivity contribution in [1.82, 2.24) is 5.32 Å². The molecule has 0 saturated heterocycles. The number of benzene rings is 4.